The van der Waals surface area contributed by atoms with Crippen molar-refractivity contribution in [3.05, 3.63) is 49.5 Å². The zero-order valence-electron chi connectivity index (χ0n) is 14.3. The molecule has 1 aromatic carbocycles. The van der Waals surface area contributed by atoms with Gasteiger partial charge in [-0.05, 0) is 12.1 Å². The second-order valence-corrected chi connectivity index (χ2v) is 7.60. The second-order valence-electron chi connectivity index (χ2n) is 5.25. The van der Waals surface area contributed by atoms with Gasteiger partial charge in [0.25, 0.3) is 5.91 Å². The average molecular weight is 479 g/mol. The lowest BCUT2D eigenvalue weighted by Gasteiger charge is -2.08. The maximum Gasteiger partial charge on any atom is 0.277 e. The Kier molecular flexibility index (Phi) is 6.52. The van der Waals surface area contributed by atoms with Crippen LogP contribution < -0.4 is 14.8 Å². The summed E-state index contributed by atoms with van der Waals surface area (Å²) in [5.41, 5.74) is 1.21. The molecule has 146 valence electrons. The Morgan fingerprint density at radius 2 is 1.79 bits per heavy atom. The Balaban J connectivity index is 1.87. The Morgan fingerprint density at radius 3 is 2.46 bits per heavy atom. The van der Waals surface area contributed by atoms with Gasteiger partial charge >= 0.3 is 0 Å². The molecule has 6 nitrogen and oxygen atoms in total. The van der Waals surface area contributed by atoms with Gasteiger partial charge in [0, 0.05) is 17.0 Å². The van der Waals surface area contributed by atoms with Crippen molar-refractivity contribution in [2.75, 3.05) is 19.5 Å². The number of rotatable bonds is 5. The zero-order chi connectivity index (χ0) is 20.4. The number of thiazole rings is 1. The van der Waals surface area contributed by atoms with E-state index in [9.17, 15) is 4.79 Å². The molecule has 0 aliphatic heterocycles. The number of benzene rings is 1. The Bertz CT molecular complexity index is 1060. The third-order valence-electron chi connectivity index (χ3n) is 3.61. The Morgan fingerprint density at radius 1 is 1.04 bits per heavy atom. The van der Waals surface area contributed by atoms with E-state index in [1.165, 1.54) is 11.3 Å². The fourth-order valence-electron chi connectivity index (χ4n) is 2.26. The summed E-state index contributed by atoms with van der Waals surface area (Å²) < 4.78 is 10.6. The Labute approximate surface area is 184 Å². The largest absolute Gasteiger partial charge is 0.497 e. The van der Waals surface area contributed by atoms with Gasteiger partial charge in [-0.15, -0.1) is 11.3 Å². The van der Waals surface area contributed by atoms with Gasteiger partial charge in [0.2, 0.25) is 0 Å². The lowest BCUT2D eigenvalue weighted by Crippen LogP contribution is -2.14. The number of anilines is 1. The van der Waals surface area contributed by atoms with Gasteiger partial charge in [-0.1, -0.05) is 46.4 Å². The summed E-state index contributed by atoms with van der Waals surface area (Å²) in [4.78, 5) is 20.8. The Hall–Kier alpha value is -1.77. The summed E-state index contributed by atoms with van der Waals surface area (Å²) in [7, 11) is 3.12. The molecule has 0 radical (unpaired) electrons. The predicted octanol–water partition coefficient (Wildman–Crippen LogP) is 6.09. The van der Waals surface area contributed by atoms with E-state index in [0.717, 1.165) is 5.56 Å². The van der Waals surface area contributed by atoms with Crippen molar-refractivity contribution >= 4 is 68.8 Å². The smallest absolute Gasteiger partial charge is 0.277 e. The second kappa shape index (κ2) is 8.71. The molecule has 1 N–H and O–H groups in total. The van der Waals surface area contributed by atoms with Crippen LogP contribution in [-0.2, 0) is 0 Å². The van der Waals surface area contributed by atoms with E-state index >= 15 is 0 Å². The number of pyridine rings is 1. The predicted molar refractivity (Wildman–Crippen MR) is 113 cm³/mol. The lowest BCUT2D eigenvalue weighted by molar-refractivity contribution is 0.102. The highest BCUT2D eigenvalue weighted by atomic mass is 35.5. The summed E-state index contributed by atoms with van der Waals surface area (Å²) in [6.07, 6.45) is 0. The monoisotopic (exact) mass is 477 g/mol. The maximum atomic E-state index is 12.5. The summed E-state index contributed by atoms with van der Waals surface area (Å²) >= 11 is 25.0. The molecular formula is C17H11Cl4N3O3S. The molecule has 1 amide bonds. The number of halogens is 4. The highest BCUT2D eigenvalue weighted by Gasteiger charge is 2.21. The van der Waals surface area contributed by atoms with Gasteiger partial charge in [0.1, 0.15) is 16.7 Å². The third-order valence-corrected chi connectivity index (χ3v) is 6.04. The van der Waals surface area contributed by atoms with Crippen molar-refractivity contribution < 1.29 is 14.3 Å². The van der Waals surface area contributed by atoms with Crippen molar-refractivity contribution in [3.63, 3.8) is 0 Å². The van der Waals surface area contributed by atoms with Crippen LogP contribution in [0.15, 0.2) is 23.6 Å². The highest BCUT2D eigenvalue weighted by molar-refractivity contribution is 7.14. The molecule has 0 bridgehead atoms. The van der Waals surface area contributed by atoms with E-state index in [1.54, 1.807) is 31.7 Å². The van der Waals surface area contributed by atoms with Crippen molar-refractivity contribution in [2.45, 2.75) is 0 Å². The summed E-state index contributed by atoms with van der Waals surface area (Å²) in [5, 5.41) is 4.44. The van der Waals surface area contributed by atoms with Crippen LogP contribution >= 0.6 is 57.7 Å². The van der Waals surface area contributed by atoms with E-state index in [2.05, 4.69) is 15.3 Å². The van der Waals surface area contributed by atoms with Crippen LogP contribution in [0, 0.1) is 0 Å². The van der Waals surface area contributed by atoms with E-state index in [0.29, 0.717) is 22.3 Å². The molecule has 0 spiro atoms. The molecule has 2 heterocycles. The first kappa shape index (κ1) is 21.0. The van der Waals surface area contributed by atoms with Gasteiger partial charge in [0.15, 0.2) is 10.8 Å². The van der Waals surface area contributed by atoms with Crippen molar-refractivity contribution in [2.24, 2.45) is 0 Å². The highest BCUT2D eigenvalue weighted by Crippen LogP contribution is 2.37. The first-order valence-corrected chi connectivity index (χ1v) is 9.94. The van der Waals surface area contributed by atoms with Crippen LogP contribution in [0.2, 0.25) is 20.2 Å². The van der Waals surface area contributed by atoms with Crippen molar-refractivity contribution in [3.8, 4) is 22.8 Å². The number of carbonyl (C=O) groups is 1. The molecule has 0 saturated heterocycles. The van der Waals surface area contributed by atoms with Crippen LogP contribution in [0.1, 0.15) is 10.5 Å². The van der Waals surface area contributed by atoms with Gasteiger partial charge in [-0.3, -0.25) is 10.1 Å². The lowest BCUT2D eigenvalue weighted by atomic mass is 10.1. The zero-order valence-corrected chi connectivity index (χ0v) is 18.2. The third kappa shape index (κ3) is 4.14. The van der Waals surface area contributed by atoms with Gasteiger partial charge in [-0.2, -0.15) is 0 Å². The number of hydrogen-bond donors (Lipinski definition) is 1. The number of nitrogens with zero attached hydrogens (tertiary/aromatic N) is 2. The fourth-order valence-corrected chi connectivity index (χ4v) is 3.78. The first-order valence-electron chi connectivity index (χ1n) is 7.55. The van der Waals surface area contributed by atoms with E-state index in [4.69, 9.17) is 55.9 Å². The minimum absolute atomic E-state index is 0.0204. The number of hydrogen-bond acceptors (Lipinski definition) is 6. The number of carbonyl (C=O) groups excluding carboxylic acids is 1. The minimum atomic E-state index is -0.618. The molecular weight excluding hydrogens is 468 g/mol. The van der Waals surface area contributed by atoms with Gasteiger partial charge in [-0.25, -0.2) is 9.97 Å². The normalized spacial score (nSPS) is 10.6. The number of methoxy groups -OCH3 is 2. The number of amides is 1. The SMILES string of the molecule is COc1ccc(-c2csc(NC(=O)c3nc(Cl)c(Cl)c(Cl)c3Cl)n2)c(OC)c1. The van der Waals surface area contributed by atoms with E-state index in [-0.39, 0.29) is 25.9 Å². The summed E-state index contributed by atoms with van der Waals surface area (Å²) in [5.74, 6) is 0.623. The number of aromatic nitrogens is 2. The molecule has 3 aromatic rings. The fraction of sp³-hybridized carbons (Fsp3) is 0.118. The molecule has 0 aliphatic carbocycles. The van der Waals surface area contributed by atoms with Crippen LogP contribution in [0.5, 0.6) is 11.5 Å². The molecule has 2 aromatic heterocycles. The van der Waals surface area contributed by atoms with E-state index in [1.807, 2.05) is 6.07 Å². The quantitative estimate of drug-likeness (QED) is 0.449. The number of nitrogens with one attached hydrogen (secondary N) is 1. The van der Waals surface area contributed by atoms with Gasteiger partial charge in [0.05, 0.1) is 35.0 Å². The van der Waals surface area contributed by atoms with Crippen LogP contribution in [0.25, 0.3) is 11.3 Å². The molecule has 3 rings (SSSR count). The summed E-state index contributed by atoms with van der Waals surface area (Å²) in [6, 6.07) is 5.35. The topological polar surface area (TPSA) is 73.3 Å². The number of ether oxygens (including phenoxy) is 2. The van der Waals surface area contributed by atoms with Gasteiger partial charge < -0.3 is 9.47 Å². The molecule has 28 heavy (non-hydrogen) atoms. The van der Waals surface area contributed by atoms with E-state index < -0.39 is 5.91 Å². The van der Waals surface area contributed by atoms with Crippen LogP contribution in [-0.4, -0.2) is 30.1 Å². The molecule has 0 saturated carbocycles. The maximum absolute atomic E-state index is 12.5. The molecule has 0 atom stereocenters. The molecule has 11 heteroatoms. The minimum Gasteiger partial charge on any atom is -0.497 e. The molecule has 0 aliphatic rings. The molecule has 0 fully saturated rings. The average Bonchev–Trinajstić information content (AvgIpc) is 3.16. The van der Waals surface area contributed by atoms with Crippen LogP contribution in [0.3, 0.4) is 0 Å². The van der Waals surface area contributed by atoms with Crippen molar-refractivity contribution in [1.82, 2.24) is 9.97 Å². The first-order chi connectivity index (χ1) is 13.3. The molecule has 0 unspecified atom stereocenters. The van der Waals surface area contributed by atoms with Crippen molar-refractivity contribution in [1.29, 1.82) is 0 Å². The van der Waals surface area contributed by atoms with Crippen LogP contribution in [0.4, 0.5) is 5.13 Å². The summed E-state index contributed by atoms with van der Waals surface area (Å²) in [6.45, 7) is 0. The standard InChI is InChI=1S/C17H11Cl4N3O3S/c1-26-7-3-4-8(10(5-7)27-2)9-6-28-17(22-9)24-16(25)14-12(19)11(18)13(20)15(21)23-14/h3-6H,1-2H3,(H,22,24,25).